The number of methoxy groups -OCH3 is 1. The largest absolute Gasteiger partial charge is 0.497 e. The molecule has 1 aromatic heterocycles. The molecule has 0 bridgehead atoms. The molecule has 5 nitrogen and oxygen atoms in total. The Morgan fingerprint density at radius 2 is 2.05 bits per heavy atom. The van der Waals surface area contributed by atoms with Gasteiger partial charge in [0, 0.05) is 12.7 Å². The molecule has 0 aliphatic rings. The lowest BCUT2D eigenvalue weighted by molar-refractivity contribution is 0.0697. The lowest BCUT2D eigenvalue weighted by Gasteiger charge is -2.07. The summed E-state index contributed by atoms with van der Waals surface area (Å²) in [5.41, 5.74) is 1.40. The van der Waals surface area contributed by atoms with Crippen LogP contribution in [0.4, 0.5) is 5.82 Å². The third kappa shape index (κ3) is 3.71. The number of anilines is 1. The lowest BCUT2D eigenvalue weighted by Crippen LogP contribution is -2.07. The van der Waals surface area contributed by atoms with Crippen molar-refractivity contribution in [2.75, 3.05) is 19.0 Å². The van der Waals surface area contributed by atoms with E-state index < -0.39 is 5.97 Å². The maximum Gasteiger partial charge on any atom is 0.335 e. The van der Waals surface area contributed by atoms with Gasteiger partial charge in [-0.25, -0.2) is 9.78 Å². The van der Waals surface area contributed by atoms with Gasteiger partial charge in [0.1, 0.15) is 11.6 Å². The zero-order valence-electron chi connectivity index (χ0n) is 11.2. The molecule has 0 saturated carbocycles. The predicted molar refractivity (Wildman–Crippen MR) is 76.4 cm³/mol. The molecule has 0 fully saturated rings. The monoisotopic (exact) mass is 272 g/mol. The molecule has 0 atom stereocenters. The van der Waals surface area contributed by atoms with E-state index in [2.05, 4.69) is 10.3 Å². The fourth-order valence-electron chi connectivity index (χ4n) is 1.79. The molecule has 0 spiro atoms. The Bertz CT molecular complexity index is 582. The minimum absolute atomic E-state index is 0.229. The zero-order chi connectivity index (χ0) is 14.4. The first-order valence-electron chi connectivity index (χ1n) is 6.25. The zero-order valence-corrected chi connectivity index (χ0v) is 11.2. The van der Waals surface area contributed by atoms with Gasteiger partial charge in [-0.05, 0) is 36.2 Å². The highest BCUT2D eigenvalue weighted by Gasteiger charge is 2.03. The molecule has 5 heteroatoms. The Morgan fingerprint density at radius 1 is 1.30 bits per heavy atom. The maximum atomic E-state index is 10.8. The summed E-state index contributed by atoms with van der Waals surface area (Å²) in [6, 6.07) is 10.8. The van der Waals surface area contributed by atoms with E-state index in [9.17, 15) is 4.79 Å². The van der Waals surface area contributed by atoms with Crippen molar-refractivity contribution < 1.29 is 14.6 Å². The number of hydrogen-bond acceptors (Lipinski definition) is 4. The maximum absolute atomic E-state index is 10.8. The molecule has 0 aliphatic carbocycles. The highest BCUT2D eigenvalue weighted by atomic mass is 16.5. The minimum atomic E-state index is -0.953. The SMILES string of the molecule is COc1ccc(CCNc2cc(C(=O)O)ccn2)cc1. The molecule has 104 valence electrons. The van der Waals surface area contributed by atoms with Crippen LogP contribution in [-0.4, -0.2) is 29.7 Å². The second-order valence-corrected chi connectivity index (χ2v) is 4.26. The van der Waals surface area contributed by atoms with Crippen LogP contribution in [-0.2, 0) is 6.42 Å². The van der Waals surface area contributed by atoms with Gasteiger partial charge < -0.3 is 15.2 Å². The summed E-state index contributed by atoms with van der Waals surface area (Å²) in [4.78, 5) is 14.9. The molecule has 1 heterocycles. The molecule has 20 heavy (non-hydrogen) atoms. The van der Waals surface area contributed by atoms with Gasteiger partial charge in [-0.15, -0.1) is 0 Å². The molecule has 2 aromatic rings. The molecular weight excluding hydrogens is 256 g/mol. The van der Waals surface area contributed by atoms with Crippen LogP contribution in [0.2, 0.25) is 0 Å². The van der Waals surface area contributed by atoms with Crippen molar-refractivity contribution in [2.24, 2.45) is 0 Å². The van der Waals surface area contributed by atoms with Gasteiger partial charge in [0.15, 0.2) is 0 Å². The number of hydrogen-bond donors (Lipinski definition) is 2. The van der Waals surface area contributed by atoms with E-state index in [1.54, 1.807) is 7.11 Å². The van der Waals surface area contributed by atoms with Gasteiger partial charge in [0.05, 0.1) is 12.7 Å². The predicted octanol–water partition coefficient (Wildman–Crippen LogP) is 2.44. The summed E-state index contributed by atoms with van der Waals surface area (Å²) in [5, 5.41) is 12.0. The van der Waals surface area contributed by atoms with Crippen molar-refractivity contribution in [3.63, 3.8) is 0 Å². The van der Waals surface area contributed by atoms with Crippen LogP contribution >= 0.6 is 0 Å². The standard InChI is InChI=1S/C15H16N2O3/c1-20-13-4-2-11(3-5-13)6-8-16-14-10-12(15(18)19)7-9-17-14/h2-5,7,9-10H,6,8H2,1H3,(H,16,17)(H,18,19). The topological polar surface area (TPSA) is 71.5 Å². The number of pyridine rings is 1. The molecule has 0 aliphatic heterocycles. The number of rotatable bonds is 6. The number of nitrogens with zero attached hydrogens (tertiary/aromatic N) is 1. The molecule has 0 unspecified atom stereocenters. The summed E-state index contributed by atoms with van der Waals surface area (Å²) in [7, 11) is 1.64. The van der Waals surface area contributed by atoms with Crippen LogP contribution < -0.4 is 10.1 Å². The Hall–Kier alpha value is -2.56. The van der Waals surface area contributed by atoms with Crippen molar-refractivity contribution in [3.8, 4) is 5.75 Å². The summed E-state index contributed by atoms with van der Waals surface area (Å²) in [6.45, 7) is 0.683. The number of carboxylic acids is 1. The Morgan fingerprint density at radius 3 is 2.70 bits per heavy atom. The second-order valence-electron chi connectivity index (χ2n) is 4.26. The van der Waals surface area contributed by atoms with E-state index in [0.29, 0.717) is 12.4 Å². The summed E-state index contributed by atoms with van der Waals surface area (Å²) >= 11 is 0. The van der Waals surface area contributed by atoms with Crippen molar-refractivity contribution in [2.45, 2.75) is 6.42 Å². The third-order valence-electron chi connectivity index (χ3n) is 2.89. The number of aromatic carboxylic acids is 1. The summed E-state index contributed by atoms with van der Waals surface area (Å²) in [6.07, 6.45) is 2.31. The average molecular weight is 272 g/mol. The number of benzene rings is 1. The quantitative estimate of drug-likeness (QED) is 0.845. The molecule has 2 rings (SSSR count). The third-order valence-corrected chi connectivity index (χ3v) is 2.89. The first-order valence-corrected chi connectivity index (χ1v) is 6.25. The van der Waals surface area contributed by atoms with E-state index in [-0.39, 0.29) is 5.56 Å². The molecule has 1 aromatic carbocycles. The number of aromatic nitrogens is 1. The van der Waals surface area contributed by atoms with Crippen molar-refractivity contribution in [1.29, 1.82) is 0 Å². The highest BCUT2D eigenvalue weighted by Crippen LogP contribution is 2.12. The van der Waals surface area contributed by atoms with Gasteiger partial charge >= 0.3 is 5.97 Å². The van der Waals surface area contributed by atoms with Crippen LogP contribution in [0.25, 0.3) is 0 Å². The van der Waals surface area contributed by atoms with E-state index in [1.807, 2.05) is 24.3 Å². The Kier molecular flexibility index (Phi) is 4.55. The van der Waals surface area contributed by atoms with Gasteiger partial charge in [-0.2, -0.15) is 0 Å². The van der Waals surface area contributed by atoms with Gasteiger partial charge in [0.2, 0.25) is 0 Å². The van der Waals surface area contributed by atoms with Crippen molar-refractivity contribution >= 4 is 11.8 Å². The van der Waals surface area contributed by atoms with Crippen molar-refractivity contribution in [1.82, 2.24) is 4.98 Å². The molecular formula is C15H16N2O3. The fraction of sp³-hybridized carbons (Fsp3) is 0.200. The van der Waals surface area contributed by atoms with Crippen LogP contribution in [0.5, 0.6) is 5.75 Å². The van der Waals surface area contributed by atoms with E-state index in [4.69, 9.17) is 9.84 Å². The van der Waals surface area contributed by atoms with Crippen LogP contribution in [0, 0.1) is 0 Å². The second kappa shape index (κ2) is 6.56. The first kappa shape index (κ1) is 13.9. The van der Waals surface area contributed by atoms with Gasteiger partial charge in [-0.1, -0.05) is 12.1 Å². The fourth-order valence-corrected chi connectivity index (χ4v) is 1.79. The van der Waals surface area contributed by atoms with E-state index in [1.165, 1.54) is 23.9 Å². The minimum Gasteiger partial charge on any atom is -0.497 e. The van der Waals surface area contributed by atoms with Crippen LogP contribution in [0.15, 0.2) is 42.6 Å². The molecule has 2 N–H and O–H groups in total. The van der Waals surface area contributed by atoms with Crippen molar-refractivity contribution in [3.05, 3.63) is 53.7 Å². The van der Waals surface area contributed by atoms with Crippen LogP contribution in [0.3, 0.4) is 0 Å². The Balaban J connectivity index is 1.88. The van der Waals surface area contributed by atoms with Gasteiger partial charge in [0.25, 0.3) is 0 Å². The number of nitrogens with one attached hydrogen (secondary N) is 1. The molecule has 0 radical (unpaired) electrons. The van der Waals surface area contributed by atoms with E-state index >= 15 is 0 Å². The van der Waals surface area contributed by atoms with Crippen LogP contribution in [0.1, 0.15) is 15.9 Å². The average Bonchev–Trinajstić information content (AvgIpc) is 2.48. The number of carboxylic acid groups (broad SMARTS) is 1. The normalized spacial score (nSPS) is 10.1. The molecule has 0 saturated heterocycles. The number of carbonyl (C=O) groups is 1. The number of ether oxygens (including phenoxy) is 1. The molecule has 0 amide bonds. The Labute approximate surface area is 117 Å². The smallest absolute Gasteiger partial charge is 0.335 e. The van der Waals surface area contributed by atoms with E-state index in [0.717, 1.165) is 12.2 Å². The highest BCUT2D eigenvalue weighted by molar-refractivity contribution is 5.88. The summed E-state index contributed by atoms with van der Waals surface area (Å²) in [5.74, 6) is 0.446. The van der Waals surface area contributed by atoms with Gasteiger partial charge in [-0.3, -0.25) is 0 Å². The first-order chi connectivity index (χ1) is 9.69. The summed E-state index contributed by atoms with van der Waals surface area (Å²) < 4.78 is 5.10. The lowest BCUT2D eigenvalue weighted by atomic mass is 10.1.